The van der Waals surface area contributed by atoms with Crippen LogP contribution in [0.15, 0.2) is 27.4 Å². The van der Waals surface area contributed by atoms with Crippen LogP contribution in [-0.2, 0) is 13.6 Å². The smallest absolute Gasteiger partial charge is 0.408 e. The lowest BCUT2D eigenvalue weighted by Gasteiger charge is -2.11. The standard InChI is InChI=1S/C14H19N3O2/c1-17-12-7-10(4-5-13(12)19-14(17)18)8-15-9-11-3-2-6-16-11/h4-5,7,11,15-16H,2-3,6,8-9H2,1H3. The molecule has 1 aromatic heterocycles. The number of aromatic nitrogens is 1. The van der Waals surface area contributed by atoms with Gasteiger partial charge < -0.3 is 15.1 Å². The van der Waals surface area contributed by atoms with Gasteiger partial charge in [0.25, 0.3) is 0 Å². The highest BCUT2D eigenvalue weighted by molar-refractivity contribution is 5.73. The van der Waals surface area contributed by atoms with Crippen molar-refractivity contribution in [2.45, 2.75) is 25.4 Å². The summed E-state index contributed by atoms with van der Waals surface area (Å²) < 4.78 is 6.66. The van der Waals surface area contributed by atoms with Crippen molar-refractivity contribution in [3.05, 3.63) is 34.3 Å². The molecule has 2 heterocycles. The van der Waals surface area contributed by atoms with E-state index in [1.54, 1.807) is 7.05 Å². The topological polar surface area (TPSA) is 59.2 Å². The van der Waals surface area contributed by atoms with Gasteiger partial charge in [0.2, 0.25) is 0 Å². The minimum Gasteiger partial charge on any atom is -0.408 e. The minimum atomic E-state index is -0.310. The van der Waals surface area contributed by atoms with Crippen molar-refractivity contribution in [1.82, 2.24) is 15.2 Å². The number of hydrogen-bond acceptors (Lipinski definition) is 4. The molecule has 1 fully saturated rings. The number of hydrogen-bond donors (Lipinski definition) is 2. The molecular formula is C14H19N3O2. The summed E-state index contributed by atoms with van der Waals surface area (Å²) in [6, 6.07) is 6.47. The van der Waals surface area contributed by atoms with Gasteiger partial charge in [-0.15, -0.1) is 0 Å². The Hall–Kier alpha value is -1.59. The van der Waals surface area contributed by atoms with Crippen LogP contribution in [-0.4, -0.2) is 23.7 Å². The first-order chi connectivity index (χ1) is 9.24. The zero-order chi connectivity index (χ0) is 13.2. The third kappa shape index (κ3) is 2.57. The van der Waals surface area contributed by atoms with Crippen molar-refractivity contribution >= 4 is 11.1 Å². The second-order valence-electron chi connectivity index (χ2n) is 5.15. The number of nitrogens with one attached hydrogen (secondary N) is 2. The van der Waals surface area contributed by atoms with Crippen molar-refractivity contribution in [1.29, 1.82) is 0 Å². The van der Waals surface area contributed by atoms with Gasteiger partial charge in [-0.05, 0) is 37.1 Å². The summed E-state index contributed by atoms with van der Waals surface area (Å²) in [6.07, 6.45) is 2.53. The molecular weight excluding hydrogens is 242 g/mol. The van der Waals surface area contributed by atoms with E-state index in [1.165, 1.54) is 23.0 Å². The second-order valence-corrected chi connectivity index (χ2v) is 5.15. The minimum absolute atomic E-state index is 0.310. The lowest BCUT2D eigenvalue weighted by Crippen LogP contribution is -2.33. The number of fused-ring (bicyclic) bond motifs is 1. The number of benzene rings is 1. The zero-order valence-corrected chi connectivity index (χ0v) is 11.1. The first kappa shape index (κ1) is 12.4. The second kappa shape index (κ2) is 5.19. The fourth-order valence-electron chi connectivity index (χ4n) is 2.60. The van der Waals surface area contributed by atoms with E-state index in [2.05, 4.69) is 10.6 Å². The molecule has 0 bridgehead atoms. The molecule has 102 valence electrons. The van der Waals surface area contributed by atoms with E-state index in [0.29, 0.717) is 11.6 Å². The first-order valence-corrected chi connectivity index (χ1v) is 6.76. The molecule has 3 rings (SSSR count). The van der Waals surface area contributed by atoms with E-state index in [1.807, 2.05) is 18.2 Å². The molecule has 0 amide bonds. The summed E-state index contributed by atoms with van der Waals surface area (Å²) in [5, 5.41) is 6.92. The Bertz CT molecular complexity index is 623. The van der Waals surface area contributed by atoms with Crippen molar-refractivity contribution in [3.63, 3.8) is 0 Å². The number of rotatable bonds is 4. The lowest BCUT2D eigenvalue weighted by molar-refractivity contribution is 0.528. The molecule has 0 radical (unpaired) electrons. The molecule has 2 N–H and O–H groups in total. The quantitative estimate of drug-likeness (QED) is 0.861. The number of nitrogens with zero attached hydrogens (tertiary/aromatic N) is 1. The van der Waals surface area contributed by atoms with E-state index in [-0.39, 0.29) is 5.76 Å². The van der Waals surface area contributed by atoms with Gasteiger partial charge >= 0.3 is 5.76 Å². The highest BCUT2D eigenvalue weighted by Gasteiger charge is 2.13. The third-order valence-corrected chi connectivity index (χ3v) is 3.74. The summed E-state index contributed by atoms with van der Waals surface area (Å²) in [4.78, 5) is 11.4. The molecule has 1 aromatic carbocycles. The van der Waals surface area contributed by atoms with Crippen LogP contribution in [0.3, 0.4) is 0 Å². The predicted octanol–water partition coefficient (Wildman–Crippen LogP) is 0.973. The maximum atomic E-state index is 11.4. The molecule has 0 saturated carbocycles. The monoisotopic (exact) mass is 261 g/mol. The molecule has 0 spiro atoms. The van der Waals surface area contributed by atoms with Crippen molar-refractivity contribution < 1.29 is 4.42 Å². The van der Waals surface area contributed by atoms with Crippen LogP contribution in [0.25, 0.3) is 11.1 Å². The lowest BCUT2D eigenvalue weighted by atomic mass is 10.2. The van der Waals surface area contributed by atoms with Crippen LogP contribution >= 0.6 is 0 Å². The number of aryl methyl sites for hydroxylation is 1. The van der Waals surface area contributed by atoms with Gasteiger partial charge in [0.15, 0.2) is 5.58 Å². The molecule has 2 aromatic rings. The fraction of sp³-hybridized carbons (Fsp3) is 0.500. The van der Waals surface area contributed by atoms with Crippen molar-refractivity contribution in [3.8, 4) is 0 Å². The summed E-state index contributed by atoms with van der Waals surface area (Å²) in [7, 11) is 1.73. The zero-order valence-electron chi connectivity index (χ0n) is 11.1. The third-order valence-electron chi connectivity index (χ3n) is 3.74. The summed E-state index contributed by atoms with van der Waals surface area (Å²) in [5.74, 6) is -0.310. The van der Waals surface area contributed by atoms with Crippen LogP contribution in [0.4, 0.5) is 0 Å². The van der Waals surface area contributed by atoms with Gasteiger partial charge in [0.05, 0.1) is 5.52 Å². The Labute approximate surface area is 111 Å². The summed E-state index contributed by atoms with van der Waals surface area (Å²) >= 11 is 0. The van der Waals surface area contributed by atoms with E-state index >= 15 is 0 Å². The SMILES string of the molecule is Cn1c(=O)oc2ccc(CNCC3CCCN3)cc21. The molecule has 1 aliphatic heterocycles. The van der Waals surface area contributed by atoms with Crippen molar-refractivity contribution in [2.75, 3.05) is 13.1 Å². The first-order valence-electron chi connectivity index (χ1n) is 6.76. The van der Waals surface area contributed by atoms with E-state index < -0.39 is 0 Å². The van der Waals surface area contributed by atoms with Crippen molar-refractivity contribution in [2.24, 2.45) is 7.05 Å². The molecule has 19 heavy (non-hydrogen) atoms. The fourth-order valence-corrected chi connectivity index (χ4v) is 2.60. The van der Waals surface area contributed by atoms with Gasteiger partial charge in [0, 0.05) is 26.2 Å². The van der Waals surface area contributed by atoms with E-state index in [9.17, 15) is 4.79 Å². The Balaban J connectivity index is 1.67. The molecule has 1 aliphatic rings. The highest BCUT2D eigenvalue weighted by atomic mass is 16.4. The molecule has 5 heteroatoms. The van der Waals surface area contributed by atoms with Gasteiger partial charge in [-0.1, -0.05) is 6.07 Å². The molecule has 1 saturated heterocycles. The molecule has 1 unspecified atom stereocenters. The average Bonchev–Trinajstić information content (AvgIpc) is 3.01. The van der Waals surface area contributed by atoms with Gasteiger partial charge in [0.1, 0.15) is 0 Å². The average molecular weight is 261 g/mol. The van der Waals surface area contributed by atoms with Gasteiger partial charge in [-0.2, -0.15) is 0 Å². The van der Waals surface area contributed by atoms with E-state index in [4.69, 9.17) is 4.42 Å². The summed E-state index contributed by atoms with van der Waals surface area (Å²) in [5.41, 5.74) is 2.67. The Morgan fingerprint density at radius 3 is 3.21 bits per heavy atom. The van der Waals surface area contributed by atoms with Crippen LogP contribution in [0.2, 0.25) is 0 Å². The maximum absolute atomic E-state index is 11.4. The summed E-state index contributed by atoms with van der Waals surface area (Å²) in [6.45, 7) is 2.94. The largest absolute Gasteiger partial charge is 0.419 e. The van der Waals surface area contributed by atoms with Crippen LogP contribution in [0.5, 0.6) is 0 Å². The highest BCUT2D eigenvalue weighted by Crippen LogP contribution is 2.14. The Kier molecular flexibility index (Phi) is 3.40. The number of oxazole rings is 1. The maximum Gasteiger partial charge on any atom is 0.419 e. The molecule has 1 atom stereocenters. The van der Waals surface area contributed by atoms with E-state index in [0.717, 1.165) is 25.2 Å². The normalized spacial score (nSPS) is 19.3. The molecule has 5 nitrogen and oxygen atoms in total. The Morgan fingerprint density at radius 2 is 2.42 bits per heavy atom. The Morgan fingerprint density at radius 1 is 1.53 bits per heavy atom. The predicted molar refractivity (Wildman–Crippen MR) is 74.2 cm³/mol. The van der Waals surface area contributed by atoms with Gasteiger partial charge in [-0.25, -0.2) is 4.79 Å². The van der Waals surface area contributed by atoms with Crippen LogP contribution < -0.4 is 16.4 Å². The molecule has 0 aliphatic carbocycles. The van der Waals surface area contributed by atoms with Crippen LogP contribution in [0, 0.1) is 0 Å². The van der Waals surface area contributed by atoms with Crippen LogP contribution in [0.1, 0.15) is 18.4 Å². The van der Waals surface area contributed by atoms with Gasteiger partial charge in [-0.3, -0.25) is 4.57 Å².